The van der Waals surface area contributed by atoms with Gasteiger partial charge in [0.15, 0.2) is 0 Å². The van der Waals surface area contributed by atoms with Gasteiger partial charge < -0.3 is 20.9 Å². The molecule has 31 heavy (non-hydrogen) atoms. The van der Waals surface area contributed by atoms with E-state index in [9.17, 15) is 14.4 Å². The van der Waals surface area contributed by atoms with E-state index in [0.29, 0.717) is 38.4 Å². The quantitative estimate of drug-likeness (QED) is 0.675. The monoisotopic (exact) mass is 426 g/mol. The highest BCUT2D eigenvalue weighted by Gasteiger charge is 2.29. The zero-order valence-electron chi connectivity index (χ0n) is 18.2. The Kier molecular flexibility index (Phi) is 7.10. The zero-order valence-corrected chi connectivity index (χ0v) is 18.2. The van der Waals surface area contributed by atoms with Crippen molar-refractivity contribution in [1.29, 1.82) is 0 Å². The zero-order chi connectivity index (χ0) is 21.6. The highest BCUT2D eigenvalue weighted by molar-refractivity contribution is 5.96. The van der Waals surface area contributed by atoms with Crippen LogP contribution in [0.25, 0.3) is 0 Å². The average molecular weight is 427 g/mol. The van der Waals surface area contributed by atoms with E-state index in [-0.39, 0.29) is 29.8 Å². The second kappa shape index (κ2) is 10.2. The lowest BCUT2D eigenvalue weighted by Gasteiger charge is -2.33. The smallest absolute Gasteiger partial charge is 0.315 e. The van der Waals surface area contributed by atoms with Crippen molar-refractivity contribution in [2.24, 2.45) is 5.92 Å². The Morgan fingerprint density at radius 1 is 0.968 bits per heavy atom. The summed E-state index contributed by atoms with van der Waals surface area (Å²) in [6.07, 6.45) is 9.02. The molecule has 4 rings (SSSR count). The molecule has 1 saturated heterocycles. The minimum atomic E-state index is -0.151. The number of piperidine rings is 1. The molecule has 0 radical (unpaired) electrons. The molecule has 0 spiro atoms. The van der Waals surface area contributed by atoms with Gasteiger partial charge in [0, 0.05) is 43.2 Å². The number of hydrogen-bond donors (Lipinski definition) is 3. The fraction of sp³-hybridized carbons (Fsp3) is 0.625. The summed E-state index contributed by atoms with van der Waals surface area (Å²) in [6.45, 7) is 1.32. The molecule has 168 valence electrons. The van der Waals surface area contributed by atoms with Crippen molar-refractivity contribution in [3.8, 4) is 0 Å². The van der Waals surface area contributed by atoms with Gasteiger partial charge in [-0.1, -0.05) is 37.5 Å². The molecule has 0 aromatic heterocycles. The van der Waals surface area contributed by atoms with E-state index in [2.05, 4.69) is 16.0 Å². The second-order valence-corrected chi connectivity index (χ2v) is 9.19. The largest absolute Gasteiger partial charge is 0.343 e. The fourth-order valence-electron chi connectivity index (χ4n) is 5.03. The standard InChI is InChI=1S/C24H34N4O3/c29-22(11-10-18-16-17-6-4-5-9-21(17)27-23(18)30)28-14-12-20(13-15-28)26-24(31)25-19-7-2-1-3-8-19/h4-6,9,18-20H,1-3,7-8,10-16H2,(H,27,30)(H2,25,26,31). The Morgan fingerprint density at radius 3 is 2.39 bits per heavy atom. The number of likely N-dealkylation sites (tertiary alicyclic amines) is 1. The Hall–Kier alpha value is -2.57. The Balaban J connectivity index is 1.16. The summed E-state index contributed by atoms with van der Waals surface area (Å²) in [7, 11) is 0. The van der Waals surface area contributed by atoms with E-state index in [1.165, 1.54) is 19.3 Å². The first-order chi connectivity index (χ1) is 15.1. The SMILES string of the molecule is O=C(NC1CCCCC1)NC1CCN(C(=O)CCC2Cc3ccccc3NC2=O)CC1. The van der Waals surface area contributed by atoms with Crippen LogP contribution in [-0.4, -0.2) is 47.9 Å². The van der Waals surface area contributed by atoms with Gasteiger partial charge in [-0.05, 0) is 50.2 Å². The number of anilines is 1. The lowest BCUT2D eigenvalue weighted by Crippen LogP contribution is -2.51. The molecule has 4 amide bonds. The molecule has 0 bridgehead atoms. The maximum Gasteiger partial charge on any atom is 0.315 e. The lowest BCUT2D eigenvalue weighted by molar-refractivity contribution is -0.132. The molecular formula is C24H34N4O3. The lowest BCUT2D eigenvalue weighted by atomic mass is 9.89. The van der Waals surface area contributed by atoms with Gasteiger partial charge in [0.25, 0.3) is 0 Å². The van der Waals surface area contributed by atoms with E-state index in [1.807, 2.05) is 29.2 Å². The van der Waals surface area contributed by atoms with Crippen molar-refractivity contribution >= 4 is 23.5 Å². The van der Waals surface area contributed by atoms with Gasteiger partial charge in [0.1, 0.15) is 0 Å². The van der Waals surface area contributed by atoms with E-state index in [4.69, 9.17) is 0 Å². The molecule has 3 N–H and O–H groups in total. The molecule has 7 nitrogen and oxygen atoms in total. The number of carbonyl (C=O) groups is 3. The maximum atomic E-state index is 12.7. The molecular weight excluding hydrogens is 392 g/mol. The van der Waals surface area contributed by atoms with Crippen molar-refractivity contribution in [3.63, 3.8) is 0 Å². The predicted octanol–water partition coefficient (Wildman–Crippen LogP) is 3.20. The van der Waals surface area contributed by atoms with Gasteiger partial charge in [-0.2, -0.15) is 0 Å². The third-order valence-electron chi connectivity index (χ3n) is 6.94. The van der Waals surface area contributed by atoms with E-state index >= 15 is 0 Å². The summed E-state index contributed by atoms with van der Waals surface area (Å²) in [5, 5.41) is 9.14. The highest BCUT2D eigenvalue weighted by Crippen LogP contribution is 2.28. The third-order valence-corrected chi connectivity index (χ3v) is 6.94. The molecule has 7 heteroatoms. The molecule has 1 atom stereocenters. The van der Waals surface area contributed by atoms with Crippen LogP contribution in [-0.2, 0) is 16.0 Å². The summed E-state index contributed by atoms with van der Waals surface area (Å²) in [4.78, 5) is 39.2. The van der Waals surface area contributed by atoms with Crippen LogP contribution in [0.5, 0.6) is 0 Å². The van der Waals surface area contributed by atoms with E-state index < -0.39 is 0 Å². The molecule has 2 aliphatic heterocycles. The van der Waals surface area contributed by atoms with Crippen molar-refractivity contribution in [2.75, 3.05) is 18.4 Å². The van der Waals surface area contributed by atoms with Crippen molar-refractivity contribution < 1.29 is 14.4 Å². The summed E-state index contributed by atoms with van der Waals surface area (Å²) in [6, 6.07) is 8.20. The molecule has 2 heterocycles. The maximum absolute atomic E-state index is 12.7. The summed E-state index contributed by atoms with van der Waals surface area (Å²) >= 11 is 0. The van der Waals surface area contributed by atoms with Crippen molar-refractivity contribution in [3.05, 3.63) is 29.8 Å². The topological polar surface area (TPSA) is 90.5 Å². The number of carbonyl (C=O) groups excluding carboxylic acids is 3. The van der Waals surface area contributed by atoms with Crippen LogP contribution in [0.4, 0.5) is 10.5 Å². The molecule has 3 aliphatic rings. The second-order valence-electron chi connectivity index (χ2n) is 9.19. The molecule has 1 aliphatic carbocycles. The van der Waals surface area contributed by atoms with Crippen LogP contribution < -0.4 is 16.0 Å². The van der Waals surface area contributed by atoms with E-state index in [0.717, 1.165) is 36.9 Å². The predicted molar refractivity (Wildman–Crippen MR) is 120 cm³/mol. The number of urea groups is 1. The molecule has 1 saturated carbocycles. The normalized spacial score (nSPS) is 22.4. The summed E-state index contributed by atoms with van der Waals surface area (Å²) in [5.41, 5.74) is 2.02. The molecule has 2 fully saturated rings. The van der Waals surface area contributed by atoms with E-state index in [1.54, 1.807) is 0 Å². The highest BCUT2D eigenvalue weighted by atomic mass is 16.2. The Labute approximate surface area is 184 Å². The van der Waals surface area contributed by atoms with Crippen LogP contribution >= 0.6 is 0 Å². The third kappa shape index (κ3) is 5.77. The van der Waals surface area contributed by atoms with Gasteiger partial charge in [-0.3, -0.25) is 9.59 Å². The van der Waals surface area contributed by atoms with Crippen LogP contribution in [0, 0.1) is 5.92 Å². The molecule has 1 aromatic rings. The number of fused-ring (bicyclic) bond motifs is 1. The average Bonchev–Trinajstić information content (AvgIpc) is 2.78. The van der Waals surface area contributed by atoms with Crippen LogP contribution in [0.15, 0.2) is 24.3 Å². The van der Waals surface area contributed by atoms with Gasteiger partial charge in [-0.25, -0.2) is 4.79 Å². The summed E-state index contributed by atoms with van der Waals surface area (Å²) < 4.78 is 0. The van der Waals surface area contributed by atoms with Crippen LogP contribution in [0.1, 0.15) is 63.4 Å². The summed E-state index contributed by atoms with van der Waals surface area (Å²) in [5.74, 6) is -0.0308. The number of para-hydroxylation sites is 1. The van der Waals surface area contributed by atoms with Gasteiger partial charge in [-0.15, -0.1) is 0 Å². The minimum Gasteiger partial charge on any atom is -0.343 e. The first kappa shape index (κ1) is 21.7. The number of benzene rings is 1. The minimum absolute atomic E-state index is 0.0124. The first-order valence-electron chi connectivity index (χ1n) is 11.8. The first-order valence-corrected chi connectivity index (χ1v) is 11.8. The number of rotatable bonds is 5. The number of amides is 4. The van der Waals surface area contributed by atoms with Gasteiger partial charge in [0.2, 0.25) is 11.8 Å². The molecule has 1 unspecified atom stereocenters. The molecule has 1 aromatic carbocycles. The Morgan fingerprint density at radius 2 is 1.65 bits per heavy atom. The number of hydrogen-bond acceptors (Lipinski definition) is 3. The fourth-order valence-corrected chi connectivity index (χ4v) is 5.03. The van der Waals surface area contributed by atoms with Crippen molar-refractivity contribution in [2.45, 2.75) is 76.3 Å². The van der Waals surface area contributed by atoms with Gasteiger partial charge in [0.05, 0.1) is 0 Å². The van der Waals surface area contributed by atoms with Gasteiger partial charge >= 0.3 is 6.03 Å². The van der Waals surface area contributed by atoms with Crippen LogP contribution in [0.2, 0.25) is 0 Å². The number of nitrogens with one attached hydrogen (secondary N) is 3. The number of nitrogens with zero attached hydrogens (tertiary/aromatic N) is 1. The van der Waals surface area contributed by atoms with Crippen LogP contribution in [0.3, 0.4) is 0 Å². The van der Waals surface area contributed by atoms with Crippen molar-refractivity contribution in [1.82, 2.24) is 15.5 Å². The Bertz CT molecular complexity index is 798.